The molecule has 17 heavy (non-hydrogen) atoms. The summed E-state index contributed by atoms with van der Waals surface area (Å²) in [6, 6.07) is 7.53. The van der Waals surface area contributed by atoms with E-state index in [-0.39, 0.29) is 0 Å². The van der Waals surface area contributed by atoms with Gasteiger partial charge in [-0.15, -0.1) is 11.3 Å². The van der Waals surface area contributed by atoms with E-state index in [9.17, 15) is 18.0 Å². The van der Waals surface area contributed by atoms with E-state index in [1.165, 1.54) is 5.38 Å². The molecule has 88 valence electrons. The average Bonchev–Trinajstić information content (AvgIpc) is 2.78. The monoisotopic (exact) mass is 256 g/mol. The van der Waals surface area contributed by atoms with Gasteiger partial charge in [0.2, 0.25) is 0 Å². The number of aldehydes is 1. The SMILES string of the molecule is O=Cc1ccc(-c2csc(C(F)(F)F)c2)cc1. The molecule has 0 fully saturated rings. The normalized spacial score (nSPS) is 11.5. The second kappa shape index (κ2) is 4.33. The largest absolute Gasteiger partial charge is 0.425 e. The number of carbonyl (C=O) groups excluding carboxylic acids is 1. The molecule has 1 heterocycles. The van der Waals surface area contributed by atoms with Gasteiger partial charge in [0, 0.05) is 5.56 Å². The lowest BCUT2D eigenvalue weighted by Gasteiger charge is -2.01. The van der Waals surface area contributed by atoms with Crippen LogP contribution in [0.15, 0.2) is 35.7 Å². The second-order valence-electron chi connectivity index (χ2n) is 3.44. The summed E-state index contributed by atoms with van der Waals surface area (Å²) < 4.78 is 37.2. The van der Waals surface area contributed by atoms with E-state index in [1.54, 1.807) is 24.3 Å². The van der Waals surface area contributed by atoms with Crippen LogP contribution in [-0.4, -0.2) is 6.29 Å². The van der Waals surface area contributed by atoms with Crippen LogP contribution in [0.1, 0.15) is 15.2 Å². The van der Waals surface area contributed by atoms with E-state index in [4.69, 9.17) is 0 Å². The molecule has 0 amide bonds. The molecule has 0 spiro atoms. The van der Waals surface area contributed by atoms with Crippen LogP contribution < -0.4 is 0 Å². The zero-order valence-corrected chi connectivity index (χ0v) is 9.31. The van der Waals surface area contributed by atoms with Crippen molar-refractivity contribution in [3.63, 3.8) is 0 Å². The molecule has 2 rings (SSSR count). The molecular weight excluding hydrogens is 249 g/mol. The fourth-order valence-corrected chi connectivity index (χ4v) is 2.18. The van der Waals surface area contributed by atoms with Crippen LogP contribution in [0.5, 0.6) is 0 Å². The van der Waals surface area contributed by atoms with Gasteiger partial charge in [-0.2, -0.15) is 13.2 Å². The number of hydrogen-bond acceptors (Lipinski definition) is 2. The van der Waals surface area contributed by atoms with Crippen molar-refractivity contribution in [3.05, 3.63) is 46.2 Å². The fourth-order valence-electron chi connectivity index (χ4n) is 1.39. The molecule has 1 aromatic carbocycles. The summed E-state index contributed by atoms with van der Waals surface area (Å²) in [5.74, 6) is 0. The summed E-state index contributed by atoms with van der Waals surface area (Å²) in [4.78, 5) is 9.82. The van der Waals surface area contributed by atoms with E-state index in [2.05, 4.69) is 0 Å². The van der Waals surface area contributed by atoms with Crippen molar-refractivity contribution in [1.29, 1.82) is 0 Å². The van der Waals surface area contributed by atoms with E-state index in [0.717, 1.165) is 6.07 Å². The summed E-state index contributed by atoms with van der Waals surface area (Å²) in [5.41, 5.74) is 1.68. The lowest BCUT2D eigenvalue weighted by atomic mass is 10.1. The molecule has 0 aliphatic heterocycles. The second-order valence-corrected chi connectivity index (χ2v) is 4.35. The van der Waals surface area contributed by atoms with Crippen molar-refractivity contribution in [3.8, 4) is 11.1 Å². The van der Waals surface area contributed by atoms with Crippen molar-refractivity contribution < 1.29 is 18.0 Å². The smallest absolute Gasteiger partial charge is 0.298 e. The van der Waals surface area contributed by atoms with Gasteiger partial charge in [-0.3, -0.25) is 4.79 Å². The van der Waals surface area contributed by atoms with Gasteiger partial charge < -0.3 is 0 Å². The van der Waals surface area contributed by atoms with Crippen LogP contribution in [0.4, 0.5) is 13.2 Å². The topological polar surface area (TPSA) is 17.1 Å². The van der Waals surface area contributed by atoms with Crippen LogP contribution in [0.25, 0.3) is 11.1 Å². The number of halogens is 3. The predicted molar refractivity (Wildman–Crippen MR) is 60.1 cm³/mol. The van der Waals surface area contributed by atoms with E-state index >= 15 is 0 Å². The minimum Gasteiger partial charge on any atom is -0.298 e. The Morgan fingerprint density at radius 1 is 1.06 bits per heavy atom. The molecule has 0 saturated heterocycles. The molecule has 0 radical (unpaired) electrons. The first kappa shape index (κ1) is 11.9. The number of benzene rings is 1. The Morgan fingerprint density at radius 2 is 1.71 bits per heavy atom. The highest BCUT2D eigenvalue weighted by Crippen LogP contribution is 2.37. The Balaban J connectivity index is 2.33. The Labute approximate surface area is 99.5 Å². The van der Waals surface area contributed by atoms with Crippen LogP contribution in [0, 0.1) is 0 Å². The maximum absolute atomic E-state index is 12.4. The van der Waals surface area contributed by atoms with Crippen LogP contribution >= 0.6 is 11.3 Å². The molecular formula is C12H7F3OS. The molecule has 2 aromatic rings. The molecule has 1 aromatic heterocycles. The quantitative estimate of drug-likeness (QED) is 0.734. The van der Waals surface area contributed by atoms with Gasteiger partial charge in [0.15, 0.2) is 0 Å². The maximum Gasteiger partial charge on any atom is 0.425 e. The van der Waals surface area contributed by atoms with Crippen LogP contribution in [0.3, 0.4) is 0 Å². The van der Waals surface area contributed by atoms with Gasteiger partial charge in [-0.1, -0.05) is 24.3 Å². The number of rotatable bonds is 2. The highest BCUT2D eigenvalue weighted by molar-refractivity contribution is 7.10. The molecule has 0 atom stereocenters. The number of alkyl halides is 3. The number of hydrogen-bond donors (Lipinski definition) is 0. The highest BCUT2D eigenvalue weighted by Gasteiger charge is 2.32. The Hall–Kier alpha value is -1.62. The van der Waals surface area contributed by atoms with Gasteiger partial charge in [-0.25, -0.2) is 0 Å². The fraction of sp³-hybridized carbons (Fsp3) is 0.0833. The van der Waals surface area contributed by atoms with Gasteiger partial charge in [0.1, 0.15) is 11.2 Å². The minimum atomic E-state index is -4.30. The molecule has 5 heteroatoms. The van der Waals surface area contributed by atoms with E-state index in [1.807, 2.05) is 0 Å². The van der Waals surface area contributed by atoms with Gasteiger partial charge in [0.25, 0.3) is 0 Å². The zero-order chi connectivity index (χ0) is 12.5. The standard InChI is InChI=1S/C12H7F3OS/c13-12(14,15)11-5-10(7-17-11)9-3-1-8(6-16)2-4-9/h1-7H. The summed E-state index contributed by atoms with van der Waals surface area (Å²) in [5, 5.41) is 1.46. The summed E-state index contributed by atoms with van der Waals surface area (Å²) in [6.07, 6.45) is -3.61. The molecule has 0 aliphatic rings. The summed E-state index contributed by atoms with van der Waals surface area (Å²) in [7, 11) is 0. The van der Waals surface area contributed by atoms with Crippen LogP contribution in [0.2, 0.25) is 0 Å². The van der Waals surface area contributed by atoms with Crippen molar-refractivity contribution in [2.24, 2.45) is 0 Å². The minimum absolute atomic E-state index is 0.500. The molecule has 0 N–H and O–H groups in total. The van der Waals surface area contributed by atoms with E-state index < -0.39 is 11.1 Å². The number of thiophene rings is 1. The third kappa shape index (κ3) is 2.55. The molecule has 1 nitrogen and oxygen atoms in total. The van der Waals surface area contributed by atoms with Crippen molar-refractivity contribution in [1.82, 2.24) is 0 Å². The predicted octanol–water partition coefficient (Wildman–Crippen LogP) is 4.25. The first-order chi connectivity index (χ1) is 8.00. The average molecular weight is 256 g/mol. The van der Waals surface area contributed by atoms with Crippen molar-refractivity contribution >= 4 is 17.6 Å². The maximum atomic E-state index is 12.4. The molecule has 0 aliphatic carbocycles. The first-order valence-electron chi connectivity index (χ1n) is 4.72. The van der Waals surface area contributed by atoms with Gasteiger partial charge in [0.05, 0.1) is 0 Å². The lowest BCUT2D eigenvalue weighted by molar-refractivity contribution is -0.134. The Kier molecular flexibility index (Phi) is 3.02. The van der Waals surface area contributed by atoms with Crippen LogP contribution in [-0.2, 0) is 6.18 Å². The number of carbonyl (C=O) groups is 1. The third-order valence-corrected chi connectivity index (χ3v) is 3.23. The van der Waals surface area contributed by atoms with Gasteiger partial charge in [-0.05, 0) is 22.6 Å². The molecule has 0 saturated carbocycles. The van der Waals surface area contributed by atoms with Crippen molar-refractivity contribution in [2.75, 3.05) is 0 Å². The third-order valence-electron chi connectivity index (χ3n) is 2.26. The zero-order valence-electron chi connectivity index (χ0n) is 8.49. The highest BCUT2D eigenvalue weighted by atomic mass is 32.1. The van der Waals surface area contributed by atoms with Gasteiger partial charge >= 0.3 is 6.18 Å². The van der Waals surface area contributed by atoms with E-state index in [0.29, 0.717) is 34.3 Å². The molecule has 0 unspecified atom stereocenters. The molecule has 0 bridgehead atoms. The lowest BCUT2D eigenvalue weighted by Crippen LogP contribution is -2.00. The summed E-state index contributed by atoms with van der Waals surface area (Å²) in [6.45, 7) is 0. The first-order valence-corrected chi connectivity index (χ1v) is 5.60. The van der Waals surface area contributed by atoms with Crippen molar-refractivity contribution in [2.45, 2.75) is 6.18 Å². The summed E-state index contributed by atoms with van der Waals surface area (Å²) >= 11 is 0.667. The Morgan fingerprint density at radius 3 is 2.18 bits per heavy atom. The Bertz CT molecular complexity index is 525.